The van der Waals surface area contributed by atoms with Crippen molar-refractivity contribution < 1.29 is 114 Å². The van der Waals surface area contributed by atoms with Gasteiger partial charge in [-0.1, -0.05) is 0 Å². The summed E-state index contributed by atoms with van der Waals surface area (Å²) in [5, 5.41) is 0. The summed E-state index contributed by atoms with van der Waals surface area (Å²) in [7, 11) is -4.67. The zero-order valence-corrected chi connectivity index (χ0v) is 12.8. The molecule has 0 aromatic rings. The molecule has 0 aliphatic rings. The Labute approximate surface area is 148 Å². The van der Waals surface area contributed by atoms with Crippen molar-refractivity contribution in [3.05, 3.63) is 0 Å². The average molecular weight is 376 g/mol. The minimum absolute atomic E-state index is 0. The van der Waals surface area contributed by atoms with Crippen molar-refractivity contribution in [2.24, 2.45) is 0 Å². The first-order valence-electron chi connectivity index (χ1n) is 3.34. The first-order valence-corrected chi connectivity index (χ1v) is 4.74. The van der Waals surface area contributed by atoms with E-state index in [0.29, 0.717) is 0 Å². The summed E-state index contributed by atoms with van der Waals surface area (Å²) in [6.45, 7) is 0. The van der Waals surface area contributed by atoms with Crippen LogP contribution in [-0.4, -0.2) is 41.7 Å². The predicted octanol–water partition coefficient (Wildman–Crippen LogP) is -0.155. The van der Waals surface area contributed by atoms with Gasteiger partial charge in [-0.2, -0.15) is 52.3 Å². The van der Waals surface area contributed by atoms with Crippen molar-refractivity contribution in [2.45, 2.75) is 24.2 Å². The largest absolute Gasteiger partial charge is 1.00 e. The predicted molar refractivity (Wildman–Crippen MR) is 37.3 cm³/mol. The fourth-order valence-electron chi connectivity index (χ4n) is 0.356. The minimum atomic E-state index is -7.14. The van der Waals surface area contributed by atoms with E-state index >= 15 is 0 Å². The van der Waals surface area contributed by atoms with E-state index in [1.54, 1.807) is 0 Å². The second kappa shape index (κ2) is 7.38. The monoisotopic (exact) mass is 376 g/mol. The Kier molecular flexibility index (Phi) is 9.50. The third-order valence-corrected chi connectivity index (χ3v) is 1.11. The van der Waals surface area contributed by atoms with Gasteiger partial charge in [0.25, 0.3) is 0 Å². The van der Waals surface area contributed by atoms with Crippen LogP contribution in [0, 0.1) is 0 Å². The van der Waals surface area contributed by atoms with Crippen molar-refractivity contribution >= 4 is 10.4 Å². The average Bonchev–Trinajstić information content (AvgIpc) is 1.95. The third-order valence-electron chi connectivity index (χ3n) is 1.11. The van der Waals surface area contributed by atoms with Gasteiger partial charge in [0, 0.05) is 0 Å². The number of alkyl halides is 10. The molecule has 0 aliphatic heterocycles. The Morgan fingerprint density at radius 3 is 0.800 bits per heavy atom. The van der Waals surface area contributed by atoms with Gasteiger partial charge in [-0.3, -0.25) is 9.11 Å². The molecule has 0 aliphatic carbocycles. The normalized spacial score (nSPS) is 14.0. The van der Waals surface area contributed by atoms with Gasteiger partial charge in [0.05, 0.1) is 0 Å². The fraction of sp³-hybridized carbons (Fsp3) is 1.00. The second-order valence-electron chi connectivity index (χ2n) is 2.59. The first kappa shape index (κ1) is 25.7. The van der Waals surface area contributed by atoms with Crippen molar-refractivity contribution in [3.63, 3.8) is 0 Å². The van der Waals surface area contributed by atoms with Gasteiger partial charge in [0.2, 0.25) is 0 Å². The Morgan fingerprint density at radius 1 is 0.650 bits per heavy atom. The fourth-order valence-corrected chi connectivity index (χ4v) is 0.356. The molecule has 0 atom stereocenters. The van der Waals surface area contributed by atoms with Crippen LogP contribution in [0.3, 0.4) is 0 Å². The molecule has 0 rings (SSSR count). The molecule has 0 saturated carbocycles. The van der Waals surface area contributed by atoms with E-state index in [2.05, 4.69) is 0 Å². The maximum absolute atomic E-state index is 11.6. The van der Waals surface area contributed by atoms with Gasteiger partial charge >= 0.3 is 86.0 Å². The number of hydrogen-bond donors (Lipinski definition) is 2. The standard InChI is InChI=1S/C4F10.K.H2O4S.H/c5-1(6,3(9,10)11)2(7,8)4(12,13)14;;1-5(2,3)4;/h;;(H2,1,2,3,4);/q;+1;;-1. The van der Waals surface area contributed by atoms with E-state index in [1.165, 1.54) is 0 Å². The molecular weight excluding hydrogens is 373 g/mol. The molecule has 0 unspecified atom stereocenters. The molecule has 4 nitrogen and oxygen atoms in total. The van der Waals surface area contributed by atoms with Gasteiger partial charge in [0.1, 0.15) is 0 Å². The molecule has 0 bridgehead atoms. The molecule has 0 saturated heterocycles. The van der Waals surface area contributed by atoms with E-state index in [0.717, 1.165) is 0 Å². The summed E-state index contributed by atoms with van der Waals surface area (Å²) in [6.07, 6.45) is -13.9. The van der Waals surface area contributed by atoms with E-state index < -0.39 is 34.6 Å². The Balaban J connectivity index is -0.000000179. The number of rotatable bonds is 1. The van der Waals surface area contributed by atoms with Crippen LogP contribution in [0.4, 0.5) is 43.9 Å². The summed E-state index contributed by atoms with van der Waals surface area (Å²) in [5.41, 5.74) is 0. The Bertz CT molecular complexity index is 370. The summed E-state index contributed by atoms with van der Waals surface area (Å²) in [5.74, 6) is -14.3. The van der Waals surface area contributed by atoms with E-state index in [9.17, 15) is 43.9 Å². The van der Waals surface area contributed by atoms with Crippen LogP contribution < -0.4 is 51.4 Å². The molecule has 0 spiro atoms. The summed E-state index contributed by atoms with van der Waals surface area (Å²) in [6, 6.07) is 0. The molecule has 0 aromatic carbocycles. The van der Waals surface area contributed by atoms with Gasteiger partial charge in [-0.25, -0.2) is 0 Å². The van der Waals surface area contributed by atoms with Gasteiger partial charge in [-0.05, 0) is 0 Å². The maximum atomic E-state index is 11.6. The molecule has 0 fully saturated rings. The zero-order chi connectivity index (χ0) is 16.5. The van der Waals surface area contributed by atoms with Crippen LogP contribution in [-0.2, 0) is 10.4 Å². The van der Waals surface area contributed by atoms with Crippen LogP contribution in [0.5, 0.6) is 0 Å². The molecule has 120 valence electrons. The van der Waals surface area contributed by atoms with Crippen molar-refractivity contribution in [1.29, 1.82) is 0 Å². The molecule has 0 amide bonds. The molecule has 20 heavy (non-hydrogen) atoms. The molecule has 2 N–H and O–H groups in total. The summed E-state index contributed by atoms with van der Waals surface area (Å²) < 4.78 is 145. The smallest absolute Gasteiger partial charge is 1.00 e. The van der Waals surface area contributed by atoms with Crippen molar-refractivity contribution in [2.75, 3.05) is 0 Å². The topological polar surface area (TPSA) is 74.6 Å². The maximum Gasteiger partial charge on any atom is 1.00 e. The molecule has 16 heteroatoms. The molecule has 0 aromatic heterocycles. The molecular formula is C4H3F10KO4S. The van der Waals surface area contributed by atoms with Crippen LogP contribution in [0.25, 0.3) is 0 Å². The van der Waals surface area contributed by atoms with Crippen LogP contribution >= 0.6 is 0 Å². The Hall–Kier alpha value is 0.806. The Morgan fingerprint density at radius 2 is 0.750 bits per heavy atom. The van der Waals surface area contributed by atoms with Crippen molar-refractivity contribution in [1.82, 2.24) is 0 Å². The van der Waals surface area contributed by atoms with E-state index in [-0.39, 0.29) is 52.8 Å². The SMILES string of the molecule is FC(F)(F)C(F)(F)C(F)(F)C(F)(F)F.O=S(=O)(O)O.[H-].[K+]. The van der Waals surface area contributed by atoms with Crippen molar-refractivity contribution in [3.8, 4) is 0 Å². The van der Waals surface area contributed by atoms with E-state index in [4.69, 9.17) is 17.5 Å². The second-order valence-corrected chi connectivity index (χ2v) is 3.49. The van der Waals surface area contributed by atoms with Gasteiger partial charge < -0.3 is 1.43 Å². The van der Waals surface area contributed by atoms with Gasteiger partial charge in [-0.15, -0.1) is 0 Å². The zero-order valence-electron chi connectivity index (χ0n) is 9.90. The van der Waals surface area contributed by atoms with Crippen LogP contribution in [0.1, 0.15) is 1.43 Å². The minimum Gasteiger partial charge on any atom is -1.00 e. The first-order chi connectivity index (χ1) is 7.75. The number of halogens is 10. The third kappa shape index (κ3) is 7.71. The number of hydrogen-bond acceptors (Lipinski definition) is 2. The van der Waals surface area contributed by atoms with Crippen LogP contribution in [0.15, 0.2) is 0 Å². The molecule has 0 heterocycles. The van der Waals surface area contributed by atoms with Gasteiger partial charge in [0.15, 0.2) is 0 Å². The summed E-state index contributed by atoms with van der Waals surface area (Å²) >= 11 is 0. The van der Waals surface area contributed by atoms with Crippen LogP contribution in [0.2, 0.25) is 0 Å². The molecule has 0 radical (unpaired) electrons. The quantitative estimate of drug-likeness (QED) is 0.379. The summed E-state index contributed by atoms with van der Waals surface area (Å²) in [4.78, 5) is 0. The van der Waals surface area contributed by atoms with E-state index in [1.807, 2.05) is 0 Å².